The van der Waals surface area contributed by atoms with E-state index in [1.165, 1.54) is 5.56 Å². The van der Waals surface area contributed by atoms with Gasteiger partial charge in [-0.25, -0.2) is 4.98 Å². The maximum atomic E-state index is 10.1. The Labute approximate surface area is 171 Å². The molecule has 152 valence electrons. The summed E-state index contributed by atoms with van der Waals surface area (Å²) in [6.07, 6.45) is 1.63. The number of benzene rings is 2. The quantitative estimate of drug-likeness (QED) is 0.706. The van der Waals surface area contributed by atoms with E-state index < -0.39 is 0 Å². The van der Waals surface area contributed by atoms with Crippen LogP contribution in [-0.2, 0) is 6.54 Å². The SMILES string of the molecule is COc1ccc(OC)c2nc(-c3cccc(C)c3)c(CN3CCC[C@H](O)C3)cc12. The molecule has 0 radical (unpaired) electrons. The number of aryl methyl sites for hydroxylation is 1. The Morgan fingerprint density at radius 3 is 2.62 bits per heavy atom. The van der Waals surface area contributed by atoms with Gasteiger partial charge in [-0.15, -0.1) is 0 Å². The Bertz CT molecular complexity index is 1020. The molecular weight excluding hydrogens is 364 g/mol. The number of rotatable bonds is 5. The fourth-order valence-electron chi connectivity index (χ4n) is 4.17. The molecule has 29 heavy (non-hydrogen) atoms. The molecule has 4 rings (SSSR count). The van der Waals surface area contributed by atoms with Gasteiger partial charge in [0.2, 0.25) is 0 Å². The molecule has 5 heteroatoms. The maximum absolute atomic E-state index is 10.1. The number of aliphatic hydroxyl groups excluding tert-OH is 1. The number of aromatic nitrogens is 1. The number of methoxy groups -OCH3 is 2. The second-order valence-corrected chi connectivity index (χ2v) is 7.76. The van der Waals surface area contributed by atoms with Gasteiger partial charge in [-0.2, -0.15) is 0 Å². The fourth-order valence-corrected chi connectivity index (χ4v) is 4.17. The van der Waals surface area contributed by atoms with Crippen LogP contribution in [0, 0.1) is 6.92 Å². The number of hydrogen-bond donors (Lipinski definition) is 1. The van der Waals surface area contributed by atoms with E-state index in [4.69, 9.17) is 14.5 Å². The van der Waals surface area contributed by atoms with Gasteiger partial charge in [0, 0.05) is 24.0 Å². The number of nitrogens with zero attached hydrogens (tertiary/aromatic N) is 2. The first-order valence-corrected chi connectivity index (χ1v) is 10.1. The van der Waals surface area contributed by atoms with Gasteiger partial charge >= 0.3 is 0 Å². The predicted octanol–water partition coefficient (Wildman–Crippen LogP) is 4.18. The lowest BCUT2D eigenvalue weighted by Gasteiger charge is -2.30. The van der Waals surface area contributed by atoms with Gasteiger partial charge in [0.15, 0.2) is 0 Å². The molecule has 2 heterocycles. The number of hydrogen-bond acceptors (Lipinski definition) is 5. The predicted molar refractivity (Wildman–Crippen MR) is 116 cm³/mol. The highest BCUT2D eigenvalue weighted by molar-refractivity contribution is 5.93. The van der Waals surface area contributed by atoms with Crippen molar-refractivity contribution in [3.05, 3.63) is 53.6 Å². The van der Waals surface area contributed by atoms with Crippen LogP contribution >= 0.6 is 0 Å². The highest BCUT2D eigenvalue weighted by Gasteiger charge is 2.21. The van der Waals surface area contributed by atoms with E-state index in [-0.39, 0.29) is 6.10 Å². The third kappa shape index (κ3) is 4.07. The summed E-state index contributed by atoms with van der Waals surface area (Å²) < 4.78 is 11.2. The second kappa shape index (κ2) is 8.39. The summed E-state index contributed by atoms with van der Waals surface area (Å²) in [5, 5.41) is 11.0. The highest BCUT2D eigenvalue weighted by atomic mass is 16.5. The van der Waals surface area contributed by atoms with Crippen molar-refractivity contribution >= 4 is 10.9 Å². The molecule has 1 aliphatic heterocycles. The zero-order valence-electron chi connectivity index (χ0n) is 17.3. The Hall–Kier alpha value is -2.63. The summed E-state index contributed by atoms with van der Waals surface area (Å²) in [7, 11) is 3.34. The minimum absolute atomic E-state index is 0.255. The molecule has 0 saturated carbocycles. The Morgan fingerprint density at radius 2 is 1.90 bits per heavy atom. The number of ether oxygens (including phenoxy) is 2. The third-order valence-corrected chi connectivity index (χ3v) is 5.59. The van der Waals surface area contributed by atoms with Gasteiger partial charge in [-0.05, 0) is 56.1 Å². The summed E-state index contributed by atoms with van der Waals surface area (Å²) in [5.41, 5.74) is 5.16. The average Bonchev–Trinajstić information content (AvgIpc) is 2.72. The second-order valence-electron chi connectivity index (χ2n) is 7.76. The smallest absolute Gasteiger partial charge is 0.145 e. The van der Waals surface area contributed by atoms with Crippen molar-refractivity contribution in [2.45, 2.75) is 32.4 Å². The fraction of sp³-hybridized carbons (Fsp3) is 0.375. The summed E-state index contributed by atoms with van der Waals surface area (Å²) in [6.45, 7) is 4.51. The topological polar surface area (TPSA) is 54.8 Å². The Balaban J connectivity index is 1.89. The van der Waals surface area contributed by atoms with E-state index >= 15 is 0 Å². The number of aliphatic hydroxyl groups is 1. The summed E-state index contributed by atoms with van der Waals surface area (Å²) in [6, 6.07) is 14.4. The zero-order valence-corrected chi connectivity index (χ0v) is 17.3. The number of likely N-dealkylation sites (tertiary alicyclic amines) is 1. The van der Waals surface area contributed by atoms with Crippen LogP contribution in [0.15, 0.2) is 42.5 Å². The van der Waals surface area contributed by atoms with Gasteiger partial charge < -0.3 is 14.6 Å². The molecule has 0 bridgehead atoms. The van der Waals surface area contributed by atoms with Crippen LogP contribution < -0.4 is 9.47 Å². The van der Waals surface area contributed by atoms with Crippen LogP contribution in [0.2, 0.25) is 0 Å². The molecule has 5 nitrogen and oxygen atoms in total. The molecule has 1 saturated heterocycles. The molecular formula is C24H28N2O3. The van der Waals surface area contributed by atoms with Crippen LogP contribution in [0.25, 0.3) is 22.2 Å². The van der Waals surface area contributed by atoms with E-state index in [0.29, 0.717) is 6.54 Å². The maximum Gasteiger partial charge on any atom is 0.145 e. The monoisotopic (exact) mass is 392 g/mol. The van der Waals surface area contributed by atoms with Crippen molar-refractivity contribution in [1.29, 1.82) is 0 Å². The number of fused-ring (bicyclic) bond motifs is 1. The van der Waals surface area contributed by atoms with Crippen molar-refractivity contribution in [2.24, 2.45) is 0 Å². The number of pyridine rings is 1. The van der Waals surface area contributed by atoms with Gasteiger partial charge in [-0.1, -0.05) is 23.8 Å². The summed E-state index contributed by atoms with van der Waals surface area (Å²) in [4.78, 5) is 7.36. The van der Waals surface area contributed by atoms with Crippen molar-refractivity contribution in [2.75, 3.05) is 27.3 Å². The van der Waals surface area contributed by atoms with Crippen LogP contribution in [0.4, 0.5) is 0 Å². The molecule has 0 aliphatic carbocycles. The zero-order chi connectivity index (χ0) is 20.4. The molecule has 1 atom stereocenters. The standard InChI is InChI=1S/C24H28N2O3/c1-16-6-4-7-17(12-16)23-18(14-26-11-5-8-19(27)15-26)13-20-21(28-2)9-10-22(29-3)24(20)25-23/h4,6-7,9-10,12-13,19,27H,5,8,11,14-15H2,1-3H3/t19-/m0/s1. The third-order valence-electron chi connectivity index (χ3n) is 5.59. The molecule has 1 aromatic heterocycles. The molecule has 2 aromatic carbocycles. The Kier molecular flexibility index (Phi) is 5.69. The number of β-amino-alcohol motifs (C(OH)–C–C–N with tert-alkyl or cyclic N) is 1. The van der Waals surface area contributed by atoms with Gasteiger partial charge in [-0.3, -0.25) is 4.90 Å². The molecule has 1 aliphatic rings. The van der Waals surface area contributed by atoms with Gasteiger partial charge in [0.25, 0.3) is 0 Å². The molecule has 0 unspecified atom stereocenters. The molecule has 0 spiro atoms. The summed E-state index contributed by atoms with van der Waals surface area (Å²) >= 11 is 0. The molecule has 0 amide bonds. The first-order valence-electron chi connectivity index (χ1n) is 10.1. The molecule has 1 fully saturated rings. The van der Waals surface area contributed by atoms with Gasteiger partial charge in [0.05, 0.1) is 26.0 Å². The first-order chi connectivity index (χ1) is 14.1. The van der Waals surface area contributed by atoms with Gasteiger partial charge in [0.1, 0.15) is 17.0 Å². The average molecular weight is 392 g/mol. The largest absolute Gasteiger partial charge is 0.496 e. The highest BCUT2D eigenvalue weighted by Crippen LogP contribution is 2.36. The minimum atomic E-state index is -0.255. The lowest BCUT2D eigenvalue weighted by Crippen LogP contribution is -2.37. The normalized spacial score (nSPS) is 17.4. The Morgan fingerprint density at radius 1 is 1.10 bits per heavy atom. The molecule has 1 N–H and O–H groups in total. The van der Waals surface area contributed by atoms with E-state index in [1.54, 1.807) is 14.2 Å². The lowest BCUT2D eigenvalue weighted by molar-refractivity contribution is 0.0669. The van der Waals surface area contributed by atoms with E-state index in [0.717, 1.165) is 65.2 Å². The van der Waals surface area contributed by atoms with Crippen LogP contribution in [0.3, 0.4) is 0 Å². The summed E-state index contributed by atoms with van der Waals surface area (Å²) in [5.74, 6) is 1.51. The molecule has 3 aromatic rings. The lowest BCUT2D eigenvalue weighted by atomic mass is 9.99. The van der Waals surface area contributed by atoms with E-state index in [1.807, 2.05) is 12.1 Å². The van der Waals surface area contributed by atoms with Crippen molar-refractivity contribution < 1.29 is 14.6 Å². The number of piperidine rings is 1. The van der Waals surface area contributed by atoms with Crippen molar-refractivity contribution in [3.8, 4) is 22.8 Å². The minimum Gasteiger partial charge on any atom is -0.496 e. The van der Waals surface area contributed by atoms with Crippen molar-refractivity contribution in [1.82, 2.24) is 9.88 Å². The first kappa shape index (κ1) is 19.7. The van der Waals surface area contributed by atoms with Crippen LogP contribution in [0.5, 0.6) is 11.5 Å². The van der Waals surface area contributed by atoms with E-state index in [9.17, 15) is 5.11 Å². The van der Waals surface area contributed by atoms with Crippen LogP contribution in [-0.4, -0.2) is 48.4 Å². The van der Waals surface area contributed by atoms with Crippen molar-refractivity contribution in [3.63, 3.8) is 0 Å². The van der Waals surface area contributed by atoms with E-state index in [2.05, 4.69) is 42.2 Å². The van der Waals surface area contributed by atoms with Crippen LogP contribution in [0.1, 0.15) is 24.0 Å².